The van der Waals surface area contributed by atoms with Crippen molar-refractivity contribution in [1.82, 2.24) is 10.2 Å². The van der Waals surface area contributed by atoms with Crippen molar-refractivity contribution in [2.45, 2.75) is 58.5 Å². The fourth-order valence-electron chi connectivity index (χ4n) is 4.07. The summed E-state index contributed by atoms with van der Waals surface area (Å²) >= 11 is 0. The van der Waals surface area contributed by atoms with Crippen molar-refractivity contribution >= 4 is 0 Å². The Hall–Kier alpha value is -0.0800. The van der Waals surface area contributed by atoms with Gasteiger partial charge in [0, 0.05) is 25.2 Å². The molecule has 17 heavy (non-hydrogen) atoms. The van der Waals surface area contributed by atoms with Gasteiger partial charge in [0.15, 0.2) is 0 Å². The Morgan fingerprint density at radius 2 is 1.53 bits per heavy atom. The normalized spacial score (nSPS) is 44.8. The molecule has 0 aromatic carbocycles. The molecule has 1 heterocycles. The third kappa shape index (κ3) is 3.23. The van der Waals surface area contributed by atoms with Crippen LogP contribution in [0.4, 0.5) is 0 Å². The first-order valence-electron chi connectivity index (χ1n) is 7.51. The highest BCUT2D eigenvalue weighted by molar-refractivity contribution is 4.92. The molecule has 1 N–H and O–H groups in total. The summed E-state index contributed by atoms with van der Waals surface area (Å²) < 4.78 is 0. The largest absolute Gasteiger partial charge is 0.315 e. The SMILES string of the molecule is CNC1CCC(C)CC1N1CC(C)CC(C)C1. The standard InChI is InChI=1S/C15H30N2/c1-11-5-6-14(16-4)15(8-11)17-9-12(2)7-13(3)10-17/h11-16H,5-10H2,1-4H3. The second kappa shape index (κ2) is 5.71. The second-order valence-electron chi connectivity index (χ2n) is 6.78. The molecule has 2 heteroatoms. The smallest absolute Gasteiger partial charge is 0.0251 e. The fourth-order valence-corrected chi connectivity index (χ4v) is 4.07. The highest BCUT2D eigenvalue weighted by Crippen LogP contribution is 2.31. The van der Waals surface area contributed by atoms with Crippen LogP contribution in [0.5, 0.6) is 0 Å². The van der Waals surface area contributed by atoms with Crippen LogP contribution < -0.4 is 5.32 Å². The van der Waals surface area contributed by atoms with Gasteiger partial charge in [0.25, 0.3) is 0 Å². The molecule has 2 nitrogen and oxygen atoms in total. The van der Waals surface area contributed by atoms with Gasteiger partial charge < -0.3 is 5.32 Å². The Balaban J connectivity index is 2.02. The molecule has 1 saturated heterocycles. The molecule has 1 aliphatic carbocycles. The first-order chi connectivity index (χ1) is 8.10. The molecule has 2 aliphatic rings. The minimum Gasteiger partial charge on any atom is -0.315 e. The molecule has 1 aliphatic heterocycles. The molecule has 0 aromatic heterocycles. The van der Waals surface area contributed by atoms with Gasteiger partial charge in [-0.3, -0.25) is 4.90 Å². The van der Waals surface area contributed by atoms with Gasteiger partial charge in [-0.25, -0.2) is 0 Å². The molecule has 5 atom stereocenters. The lowest BCUT2D eigenvalue weighted by molar-refractivity contribution is 0.0466. The summed E-state index contributed by atoms with van der Waals surface area (Å²) in [5.41, 5.74) is 0. The third-order valence-corrected chi connectivity index (χ3v) is 4.82. The Kier molecular flexibility index (Phi) is 4.48. The van der Waals surface area contributed by atoms with Crippen LogP contribution >= 0.6 is 0 Å². The van der Waals surface area contributed by atoms with E-state index in [4.69, 9.17) is 0 Å². The molecule has 0 spiro atoms. The average molecular weight is 238 g/mol. The summed E-state index contributed by atoms with van der Waals surface area (Å²) in [4.78, 5) is 2.79. The Bertz CT molecular complexity index is 231. The van der Waals surface area contributed by atoms with Crippen LogP contribution in [0.15, 0.2) is 0 Å². The van der Waals surface area contributed by atoms with Crippen molar-refractivity contribution in [2.75, 3.05) is 20.1 Å². The van der Waals surface area contributed by atoms with Crippen molar-refractivity contribution < 1.29 is 0 Å². The fraction of sp³-hybridized carbons (Fsp3) is 1.00. The third-order valence-electron chi connectivity index (χ3n) is 4.82. The van der Waals surface area contributed by atoms with Crippen molar-refractivity contribution in [2.24, 2.45) is 17.8 Å². The molecule has 0 amide bonds. The topological polar surface area (TPSA) is 15.3 Å². The zero-order valence-corrected chi connectivity index (χ0v) is 12.1. The predicted molar refractivity (Wildman–Crippen MR) is 74.2 cm³/mol. The molecule has 1 saturated carbocycles. The number of hydrogen-bond donors (Lipinski definition) is 1. The van der Waals surface area contributed by atoms with Gasteiger partial charge in [-0.05, 0) is 50.5 Å². The molecule has 0 aromatic rings. The second-order valence-corrected chi connectivity index (χ2v) is 6.78. The molecule has 2 fully saturated rings. The Labute approximate surface area is 107 Å². The number of nitrogens with one attached hydrogen (secondary N) is 1. The number of nitrogens with zero attached hydrogens (tertiary/aromatic N) is 1. The minimum atomic E-state index is 0.726. The summed E-state index contributed by atoms with van der Waals surface area (Å²) in [6.45, 7) is 9.90. The lowest BCUT2D eigenvalue weighted by atomic mass is 9.80. The maximum absolute atomic E-state index is 3.56. The van der Waals surface area contributed by atoms with Gasteiger partial charge in [0.2, 0.25) is 0 Å². The van der Waals surface area contributed by atoms with Crippen LogP contribution in [0.25, 0.3) is 0 Å². The van der Waals surface area contributed by atoms with E-state index in [2.05, 4.69) is 38.0 Å². The van der Waals surface area contributed by atoms with Gasteiger partial charge in [-0.1, -0.05) is 20.8 Å². The van der Waals surface area contributed by atoms with Gasteiger partial charge in [-0.2, -0.15) is 0 Å². The van der Waals surface area contributed by atoms with E-state index in [0.29, 0.717) is 0 Å². The van der Waals surface area contributed by atoms with E-state index in [-0.39, 0.29) is 0 Å². The van der Waals surface area contributed by atoms with Gasteiger partial charge in [-0.15, -0.1) is 0 Å². The van der Waals surface area contributed by atoms with E-state index < -0.39 is 0 Å². The van der Waals surface area contributed by atoms with E-state index in [1.807, 2.05) is 0 Å². The van der Waals surface area contributed by atoms with Crippen molar-refractivity contribution in [3.05, 3.63) is 0 Å². The maximum Gasteiger partial charge on any atom is 0.0251 e. The number of piperidine rings is 1. The Morgan fingerprint density at radius 1 is 0.882 bits per heavy atom. The summed E-state index contributed by atoms with van der Waals surface area (Å²) in [7, 11) is 2.14. The van der Waals surface area contributed by atoms with Crippen LogP contribution in [0.3, 0.4) is 0 Å². The molecule has 0 radical (unpaired) electrons. The number of likely N-dealkylation sites (N-methyl/N-ethyl adjacent to an activating group) is 1. The molecule has 0 bridgehead atoms. The monoisotopic (exact) mass is 238 g/mol. The summed E-state index contributed by atoms with van der Waals surface area (Å²) in [5.74, 6) is 2.68. The first kappa shape index (κ1) is 13.4. The van der Waals surface area contributed by atoms with E-state index in [0.717, 1.165) is 29.8 Å². The van der Waals surface area contributed by atoms with Crippen LogP contribution in [0.2, 0.25) is 0 Å². The molecule has 2 rings (SSSR count). The lowest BCUT2D eigenvalue weighted by Crippen LogP contribution is -2.55. The Morgan fingerprint density at radius 3 is 2.12 bits per heavy atom. The van der Waals surface area contributed by atoms with E-state index in [1.54, 1.807) is 0 Å². The number of rotatable bonds is 2. The quantitative estimate of drug-likeness (QED) is 0.796. The lowest BCUT2D eigenvalue weighted by Gasteiger charge is -2.46. The van der Waals surface area contributed by atoms with E-state index in [9.17, 15) is 0 Å². The van der Waals surface area contributed by atoms with Crippen LogP contribution in [0, 0.1) is 17.8 Å². The van der Waals surface area contributed by atoms with Gasteiger partial charge in [0.05, 0.1) is 0 Å². The van der Waals surface area contributed by atoms with E-state index >= 15 is 0 Å². The molecular weight excluding hydrogens is 208 g/mol. The average Bonchev–Trinajstić information content (AvgIpc) is 2.27. The highest BCUT2D eigenvalue weighted by atomic mass is 15.2. The zero-order chi connectivity index (χ0) is 12.4. The molecule has 100 valence electrons. The van der Waals surface area contributed by atoms with Crippen molar-refractivity contribution in [1.29, 1.82) is 0 Å². The minimum absolute atomic E-state index is 0.726. The van der Waals surface area contributed by atoms with Crippen molar-refractivity contribution in [3.8, 4) is 0 Å². The molecular formula is C15H30N2. The van der Waals surface area contributed by atoms with Gasteiger partial charge >= 0.3 is 0 Å². The summed E-state index contributed by atoms with van der Waals surface area (Å²) in [5, 5.41) is 3.56. The summed E-state index contributed by atoms with van der Waals surface area (Å²) in [6, 6.07) is 1.51. The van der Waals surface area contributed by atoms with Crippen LogP contribution in [0.1, 0.15) is 46.5 Å². The zero-order valence-electron chi connectivity index (χ0n) is 12.1. The number of likely N-dealkylation sites (tertiary alicyclic amines) is 1. The van der Waals surface area contributed by atoms with Crippen LogP contribution in [-0.2, 0) is 0 Å². The summed E-state index contributed by atoms with van der Waals surface area (Å²) in [6.07, 6.45) is 5.58. The maximum atomic E-state index is 3.56. The van der Waals surface area contributed by atoms with Gasteiger partial charge in [0.1, 0.15) is 0 Å². The number of hydrogen-bond acceptors (Lipinski definition) is 2. The first-order valence-corrected chi connectivity index (χ1v) is 7.51. The molecule has 5 unspecified atom stereocenters. The highest BCUT2D eigenvalue weighted by Gasteiger charge is 2.35. The predicted octanol–water partition coefficient (Wildman–Crippen LogP) is 2.74. The van der Waals surface area contributed by atoms with E-state index in [1.165, 1.54) is 38.8 Å². The van der Waals surface area contributed by atoms with Crippen molar-refractivity contribution in [3.63, 3.8) is 0 Å². The van der Waals surface area contributed by atoms with Crippen LogP contribution in [-0.4, -0.2) is 37.1 Å².